The first-order chi connectivity index (χ1) is 16.9. The summed E-state index contributed by atoms with van der Waals surface area (Å²) in [6.45, 7) is 5.07. The minimum Gasteiger partial charge on any atom is -0.491 e. The molecule has 3 aromatic rings. The molecule has 1 fully saturated rings. The number of nitrogens with one attached hydrogen (secondary N) is 1. The van der Waals surface area contributed by atoms with E-state index < -0.39 is 11.7 Å². The normalized spacial score (nSPS) is 15.1. The van der Waals surface area contributed by atoms with Crippen molar-refractivity contribution in [2.24, 2.45) is 5.92 Å². The van der Waals surface area contributed by atoms with Crippen molar-refractivity contribution >= 4 is 17.5 Å². The van der Waals surface area contributed by atoms with E-state index in [2.05, 4.69) is 28.3 Å². The van der Waals surface area contributed by atoms with Gasteiger partial charge in [-0.1, -0.05) is 13.0 Å². The van der Waals surface area contributed by atoms with Gasteiger partial charge in [0.1, 0.15) is 17.3 Å². The van der Waals surface area contributed by atoms with Crippen LogP contribution >= 0.6 is 0 Å². The van der Waals surface area contributed by atoms with Crippen LogP contribution in [0.3, 0.4) is 0 Å². The molecule has 2 amide bonds. The van der Waals surface area contributed by atoms with E-state index in [1.807, 2.05) is 25.3 Å². The van der Waals surface area contributed by atoms with E-state index in [9.17, 15) is 14.0 Å². The summed E-state index contributed by atoms with van der Waals surface area (Å²) in [7, 11) is 0. The number of carbonyl (C=O) groups is 2. The summed E-state index contributed by atoms with van der Waals surface area (Å²) in [5, 5.41) is 2.60. The monoisotopic (exact) mass is 476 g/mol. The number of nitrogens with zero attached hydrogens (tertiary/aromatic N) is 3. The number of rotatable bonds is 6. The highest BCUT2D eigenvalue weighted by Gasteiger charge is 2.34. The van der Waals surface area contributed by atoms with Crippen LogP contribution in [0.4, 0.5) is 10.1 Å². The number of aryl methyl sites for hydroxylation is 2. The highest BCUT2D eigenvalue weighted by Crippen LogP contribution is 2.34. The van der Waals surface area contributed by atoms with Crippen molar-refractivity contribution in [3.63, 3.8) is 0 Å². The van der Waals surface area contributed by atoms with Gasteiger partial charge in [0.15, 0.2) is 6.61 Å². The Hall–Kier alpha value is -4.01. The van der Waals surface area contributed by atoms with Crippen LogP contribution in [0.5, 0.6) is 11.5 Å². The zero-order chi connectivity index (χ0) is 24.5. The first-order valence-corrected chi connectivity index (χ1v) is 11.5. The lowest BCUT2D eigenvalue weighted by molar-refractivity contribution is -0.118. The van der Waals surface area contributed by atoms with E-state index in [0.29, 0.717) is 31.1 Å². The number of halogens is 1. The highest BCUT2D eigenvalue weighted by atomic mass is 19.1. The van der Waals surface area contributed by atoms with Crippen LogP contribution in [0.25, 0.3) is 11.3 Å². The van der Waals surface area contributed by atoms with Crippen LogP contribution in [-0.4, -0.2) is 53.0 Å². The molecule has 0 bridgehead atoms. The summed E-state index contributed by atoms with van der Waals surface area (Å²) in [5.74, 6) is -0.460. The molecule has 9 heteroatoms. The fraction of sp³-hybridized carbons (Fsp3) is 0.308. The third-order valence-corrected chi connectivity index (χ3v) is 6.23. The molecule has 4 heterocycles. The lowest BCUT2D eigenvalue weighted by Crippen LogP contribution is -2.52. The number of hydrogen-bond acceptors (Lipinski definition) is 6. The van der Waals surface area contributed by atoms with Gasteiger partial charge in [0.2, 0.25) is 0 Å². The van der Waals surface area contributed by atoms with Gasteiger partial charge in [-0.15, -0.1) is 0 Å². The summed E-state index contributed by atoms with van der Waals surface area (Å²) < 4.78 is 25.9. The summed E-state index contributed by atoms with van der Waals surface area (Å²) in [6, 6.07) is 8.37. The van der Waals surface area contributed by atoms with Crippen molar-refractivity contribution in [2.45, 2.75) is 20.3 Å². The minimum absolute atomic E-state index is 0.0964. The molecule has 0 aliphatic carbocycles. The summed E-state index contributed by atoms with van der Waals surface area (Å²) >= 11 is 0. The Morgan fingerprint density at radius 2 is 2.09 bits per heavy atom. The molecule has 0 unspecified atom stereocenters. The number of aromatic nitrogens is 2. The van der Waals surface area contributed by atoms with Crippen molar-refractivity contribution in [3.8, 4) is 22.8 Å². The zero-order valence-electron chi connectivity index (χ0n) is 19.5. The predicted octanol–water partition coefficient (Wildman–Crippen LogP) is 3.64. The van der Waals surface area contributed by atoms with Gasteiger partial charge in [-0.2, -0.15) is 0 Å². The standard InChI is InChI=1S/C26H25FN4O4/c1-3-16-4-5-21(29-10-16)18-6-7-28-15(2)25(18)35-13-17-11-31(12-17)26(33)19-8-22-23(9-20(19)27)34-14-24(32)30-22/h4-10,17H,3,11-14H2,1-2H3,(H,30,32). The number of carbonyl (C=O) groups excluding carboxylic acids is 2. The molecule has 35 heavy (non-hydrogen) atoms. The Morgan fingerprint density at radius 3 is 2.83 bits per heavy atom. The zero-order valence-corrected chi connectivity index (χ0v) is 19.5. The van der Waals surface area contributed by atoms with Gasteiger partial charge in [0.25, 0.3) is 11.8 Å². The lowest BCUT2D eigenvalue weighted by Gasteiger charge is -2.39. The topological polar surface area (TPSA) is 93.6 Å². The maximum atomic E-state index is 14.5. The number of benzene rings is 1. The Labute approximate surface area is 202 Å². The maximum absolute atomic E-state index is 14.5. The van der Waals surface area contributed by atoms with Gasteiger partial charge >= 0.3 is 0 Å². The van der Waals surface area contributed by atoms with Gasteiger partial charge in [-0.3, -0.25) is 19.6 Å². The number of pyridine rings is 2. The first kappa shape index (κ1) is 22.8. The van der Waals surface area contributed by atoms with E-state index >= 15 is 0 Å². The van der Waals surface area contributed by atoms with Crippen molar-refractivity contribution in [1.82, 2.24) is 14.9 Å². The first-order valence-electron chi connectivity index (χ1n) is 11.5. The smallest absolute Gasteiger partial charge is 0.262 e. The van der Waals surface area contributed by atoms with E-state index in [4.69, 9.17) is 9.47 Å². The number of ether oxygens (including phenoxy) is 2. The van der Waals surface area contributed by atoms with Gasteiger partial charge in [-0.05, 0) is 37.1 Å². The fourth-order valence-electron chi connectivity index (χ4n) is 4.21. The van der Waals surface area contributed by atoms with Gasteiger partial charge in [0, 0.05) is 43.0 Å². The van der Waals surface area contributed by atoms with Crippen LogP contribution < -0.4 is 14.8 Å². The molecule has 2 aromatic heterocycles. The molecule has 180 valence electrons. The molecule has 8 nitrogen and oxygen atoms in total. The highest BCUT2D eigenvalue weighted by molar-refractivity contribution is 6.00. The molecule has 0 spiro atoms. The molecule has 0 radical (unpaired) electrons. The second-order valence-corrected chi connectivity index (χ2v) is 8.73. The molecule has 1 aromatic carbocycles. The second kappa shape index (κ2) is 9.32. The maximum Gasteiger partial charge on any atom is 0.262 e. The van der Waals surface area contributed by atoms with Crippen molar-refractivity contribution in [1.29, 1.82) is 0 Å². The van der Waals surface area contributed by atoms with Crippen LogP contribution in [-0.2, 0) is 11.2 Å². The van der Waals surface area contributed by atoms with Crippen molar-refractivity contribution < 1.29 is 23.5 Å². The van der Waals surface area contributed by atoms with E-state index in [0.717, 1.165) is 35.0 Å². The average molecular weight is 477 g/mol. The van der Waals surface area contributed by atoms with Gasteiger partial charge in [-0.25, -0.2) is 4.39 Å². The molecule has 1 N–H and O–H groups in total. The molecule has 5 rings (SSSR count). The van der Waals surface area contributed by atoms with E-state index in [1.165, 1.54) is 6.07 Å². The average Bonchev–Trinajstić information content (AvgIpc) is 2.83. The van der Waals surface area contributed by atoms with Crippen molar-refractivity contribution in [2.75, 3.05) is 31.6 Å². The van der Waals surface area contributed by atoms with Crippen LogP contribution in [0.1, 0.15) is 28.5 Å². The Morgan fingerprint density at radius 1 is 1.26 bits per heavy atom. The quantitative estimate of drug-likeness (QED) is 0.584. The third kappa shape index (κ3) is 4.53. The van der Waals surface area contributed by atoms with E-state index in [1.54, 1.807) is 11.1 Å². The molecular weight excluding hydrogens is 451 g/mol. The largest absolute Gasteiger partial charge is 0.491 e. The Kier molecular flexibility index (Phi) is 6.07. The van der Waals surface area contributed by atoms with E-state index in [-0.39, 0.29) is 29.7 Å². The lowest BCUT2D eigenvalue weighted by atomic mass is 9.99. The summed E-state index contributed by atoms with van der Waals surface area (Å²) in [6.07, 6.45) is 4.51. The number of hydrogen-bond donors (Lipinski definition) is 1. The Balaban J connectivity index is 1.23. The fourth-order valence-corrected chi connectivity index (χ4v) is 4.21. The second-order valence-electron chi connectivity index (χ2n) is 8.73. The van der Waals surface area contributed by atoms with Crippen molar-refractivity contribution in [3.05, 3.63) is 65.4 Å². The van der Waals surface area contributed by atoms with Crippen LogP contribution in [0.2, 0.25) is 0 Å². The van der Waals surface area contributed by atoms with Crippen LogP contribution in [0.15, 0.2) is 42.7 Å². The van der Waals surface area contributed by atoms with Gasteiger partial charge < -0.3 is 19.7 Å². The van der Waals surface area contributed by atoms with Crippen LogP contribution in [0, 0.1) is 18.7 Å². The van der Waals surface area contributed by atoms with Gasteiger partial charge in [0.05, 0.1) is 29.2 Å². The predicted molar refractivity (Wildman–Crippen MR) is 127 cm³/mol. The molecule has 2 aliphatic rings. The molecule has 0 saturated carbocycles. The summed E-state index contributed by atoms with van der Waals surface area (Å²) in [4.78, 5) is 34.9. The molecule has 1 saturated heterocycles. The number of fused-ring (bicyclic) bond motifs is 1. The molecule has 2 aliphatic heterocycles. The molecule has 0 atom stereocenters. The number of amides is 2. The number of anilines is 1. The number of likely N-dealkylation sites (tertiary alicyclic amines) is 1. The Bertz CT molecular complexity index is 1290. The minimum atomic E-state index is -0.679. The summed E-state index contributed by atoms with van der Waals surface area (Å²) in [5.41, 5.74) is 3.80. The third-order valence-electron chi connectivity index (χ3n) is 6.23. The molecular formula is C26H25FN4O4. The SMILES string of the molecule is CCc1ccc(-c2ccnc(C)c2OCC2CN(C(=O)c3cc4c(cc3F)OCC(=O)N4)C2)nc1.